The molecular formula is C12H18ClN3. The van der Waals surface area contributed by atoms with Gasteiger partial charge in [-0.3, -0.25) is 5.43 Å². The van der Waals surface area contributed by atoms with Crippen molar-refractivity contribution in [1.29, 1.82) is 0 Å². The normalized spacial score (nSPS) is 22.3. The van der Waals surface area contributed by atoms with Gasteiger partial charge in [0, 0.05) is 19.3 Å². The molecule has 1 aliphatic rings. The highest BCUT2D eigenvalue weighted by molar-refractivity contribution is 6.30. The second kappa shape index (κ2) is 5.13. The molecule has 0 saturated carbocycles. The van der Waals surface area contributed by atoms with Crippen molar-refractivity contribution in [1.82, 2.24) is 15.4 Å². The number of aryl methyl sites for hydroxylation is 1. The fraction of sp³-hybridized carbons (Fsp3) is 0.583. The summed E-state index contributed by atoms with van der Waals surface area (Å²) >= 11 is 5.94. The Bertz CT molecular complexity index is 367. The van der Waals surface area contributed by atoms with E-state index in [2.05, 4.69) is 21.5 Å². The van der Waals surface area contributed by atoms with Crippen LogP contribution in [0, 0.1) is 6.92 Å². The number of rotatable bonds is 2. The molecular weight excluding hydrogens is 222 g/mol. The summed E-state index contributed by atoms with van der Waals surface area (Å²) in [4.78, 5) is 4.23. The monoisotopic (exact) mass is 239 g/mol. The van der Waals surface area contributed by atoms with Crippen molar-refractivity contribution >= 4 is 11.6 Å². The molecule has 1 atom stereocenters. The standard InChI is InChI=1S/C12H18ClN3/c1-9-6-11(7-15-12(9)13)10-4-3-5-16(8-10)14-2/h6-7,10,14H,3-5,8H2,1-2H3/t10-/m0/s1. The number of nitrogens with one attached hydrogen (secondary N) is 1. The average Bonchev–Trinajstić information content (AvgIpc) is 2.33. The number of hydrogen-bond acceptors (Lipinski definition) is 3. The molecule has 4 heteroatoms. The molecule has 3 nitrogen and oxygen atoms in total. The third-order valence-electron chi connectivity index (χ3n) is 3.24. The van der Waals surface area contributed by atoms with E-state index in [1.165, 1.54) is 18.4 Å². The highest BCUT2D eigenvalue weighted by Crippen LogP contribution is 2.27. The quantitative estimate of drug-likeness (QED) is 0.804. The maximum atomic E-state index is 5.94. The molecule has 1 fully saturated rings. The highest BCUT2D eigenvalue weighted by Gasteiger charge is 2.20. The van der Waals surface area contributed by atoms with Gasteiger partial charge in [-0.2, -0.15) is 0 Å². The molecule has 1 saturated heterocycles. The molecule has 16 heavy (non-hydrogen) atoms. The molecule has 0 amide bonds. The molecule has 0 aromatic carbocycles. The van der Waals surface area contributed by atoms with Crippen molar-refractivity contribution in [3.05, 3.63) is 28.5 Å². The molecule has 1 aromatic rings. The summed E-state index contributed by atoms with van der Waals surface area (Å²) in [5.74, 6) is 0.574. The van der Waals surface area contributed by atoms with Crippen LogP contribution in [0.4, 0.5) is 0 Å². The minimum Gasteiger partial charge on any atom is -0.258 e. The number of nitrogens with zero attached hydrogens (tertiary/aromatic N) is 2. The number of hydrogen-bond donors (Lipinski definition) is 1. The zero-order chi connectivity index (χ0) is 11.5. The van der Waals surface area contributed by atoms with Crippen molar-refractivity contribution in [2.24, 2.45) is 0 Å². The van der Waals surface area contributed by atoms with Gasteiger partial charge in [0.2, 0.25) is 0 Å². The van der Waals surface area contributed by atoms with Crippen LogP contribution in [-0.4, -0.2) is 30.1 Å². The first-order valence-corrected chi connectivity index (χ1v) is 6.13. The summed E-state index contributed by atoms with van der Waals surface area (Å²) in [6, 6.07) is 2.17. The van der Waals surface area contributed by atoms with Crippen LogP contribution < -0.4 is 5.43 Å². The predicted octanol–water partition coefficient (Wildman–Crippen LogP) is 2.36. The third-order valence-corrected chi connectivity index (χ3v) is 3.64. The predicted molar refractivity (Wildman–Crippen MR) is 66.6 cm³/mol. The fourth-order valence-corrected chi connectivity index (χ4v) is 2.36. The molecule has 1 aromatic heterocycles. The Balaban J connectivity index is 2.13. The van der Waals surface area contributed by atoms with Gasteiger partial charge in [-0.15, -0.1) is 0 Å². The Morgan fingerprint density at radius 2 is 2.38 bits per heavy atom. The zero-order valence-corrected chi connectivity index (χ0v) is 10.6. The smallest absolute Gasteiger partial charge is 0.131 e. The van der Waals surface area contributed by atoms with E-state index < -0.39 is 0 Å². The fourth-order valence-electron chi connectivity index (χ4n) is 2.26. The van der Waals surface area contributed by atoms with E-state index in [9.17, 15) is 0 Å². The van der Waals surface area contributed by atoms with Crippen LogP contribution >= 0.6 is 11.6 Å². The largest absolute Gasteiger partial charge is 0.258 e. The summed E-state index contributed by atoms with van der Waals surface area (Å²) in [6.07, 6.45) is 4.38. The van der Waals surface area contributed by atoms with Gasteiger partial charge < -0.3 is 0 Å². The second-order valence-electron chi connectivity index (χ2n) is 4.39. The van der Waals surface area contributed by atoms with Crippen LogP contribution in [0.5, 0.6) is 0 Å². The number of aromatic nitrogens is 1. The third kappa shape index (κ3) is 2.54. The van der Waals surface area contributed by atoms with Crippen molar-refractivity contribution < 1.29 is 0 Å². The summed E-state index contributed by atoms with van der Waals surface area (Å²) in [5, 5.41) is 2.88. The van der Waals surface area contributed by atoms with Gasteiger partial charge in [0.05, 0.1) is 0 Å². The lowest BCUT2D eigenvalue weighted by molar-refractivity contribution is 0.154. The molecule has 0 radical (unpaired) electrons. The highest BCUT2D eigenvalue weighted by atomic mass is 35.5. The SMILES string of the molecule is CNN1CCC[C@H](c2cnc(Cl)c(C)c2)C1. The zero-order valence-electron chi connectivity index (χ0n) is 9.83. The maximum absolute atomic E-state index is 5.94. The van der Waals surface area contributed by atoms with Gasteiger partial charge in [0.25, 0.3) is 0 Å². The van der Waals surface area contributed by atoms with Gasteiger partial charge in [0.15, 0.2) is 0 Å². The molecule has 1 aliphatic heterocycles. The number of pyridine rings is 1. The molecule has 88 valence electrons. The summed E-state index contributed by atoms with van der Waals surface area (Å²) in [7, 11) is 1.98. The van der Waals surface area contributed by atoms with Crippen LogP contribution in [-0.2, 0) is 0 Å². The molecule has 2 rings (SSSR count). The lowest BCUT2D eigenvalue weighted by Gasteiger charge is -2.32. The Morgan fingerprint density at radius 1 is 1.56 bits per heavy atom. The van der Waals surface area contributed by atoms with Gasteiger partial charge in [0.1, 0.15) is 5.15 Å². The minimum atomic E-state index is 0.574. The van der Waals surface area contributed by atoms with Crippen LogP contribution in [0.25, 0.3) is 0 Å². The number of piperidine rings is 1. The Kier molecular flexibility index (Phi) is 3.79. The Morgan fingerprint density at radius 3 is 3.06 bits per heavy atom. The lowest BCUT2D eigenvalue weighted by atomic mass is 9.92. The molecule has 0 spiro atoms. The van der Waals surface area contributed by atoms with E-state index in [1.54, 1.807) is 0 Å². The van der Waals surface area contributed by atoms with E-state index >= 15 is 0 Å². The van der Waals surface area contributed by atoms with E-state index in [0.717, 1.165) is 18.7 Å². The van der Waals surface area contributed by atoms with Crippen LogP contribution in [0.15, 0.2) is 12.3 Å². The van der Waals surface area contributed by atoms with Crippen LogP contribution in [0.1, 0.15) is 29.9 Å². The van der Waals surface area contributed by atoms with Gasteiger partial charge >= 0.3 is 0 Å². The Hall–Kier alpha value is -0.640. The van der Waals surface area contributed by atoms with Gasteiger partial charge in [-0.25, -0.2) is 9.99 Å². The summed E-state index contributed by atoms with van der Waals surface area (Å²) in [6.45, 7) is 4.20. The maximum Gasteiger partial charge on any atom is 0.131 e. The van der Waals surface area contributed by atoms with E-state index in [4.69, 9.17) is 11.6 Å². The first-order valence-electron chi connectivity index (χ1n) is 5.75. The van der Waals surface area contributed by atoms with Crippen LogP contribution in [0.2, 0.25) is 5.15 Å². The van der Waals surface area contributed by atoms with E-state index in [-0.39, 0.29) is 0 Å². The van der Waals surface area contributed by atoms with Crippen LogP contribution in [0.3, 0.4) is 0 Å². The number of halogens is 1. The molecule has 0 unspecified atom stereocenters. The number of hydrazine groups is 1. The topological polar surface area (TPSA) is 28.2 Å². The molecule has 1 N–H and O–H groups in total. The minimum absolute atomic E-state index is 0.574. The van der Waals surface area contributed by atoms with E-state index in [1.807, 2.05) is 20.2 Å². The average molecular weight is 240 g/mol. The summed E-state index contributed by atoms with van der Waals surface area (Å²) < 4.78 is 0. The van der Waals surface area contributed by atoms with Crippen molar-refractivity contribution in [3.63, 3.8) is 0 Å². The summed E-state index contributed by atoms with van der Waals surface area (Å²) in [5.41, 5.74) is 5.59. The Labute approximate surface area is 102 Å². The second-order valence-corrected chi connectivity index (χ2v) is 4.74. The molecule has 2 heterocycles. The van der Waals surface area contributed by atoms with Gasteiger partial charge in [-0.1, -0.05) is 17.7 Å². The molecule has 0 bridgehead atoms. The van der Waals surface area contributed by atoms with Gasteiger partial charge in [-0.05, 0) is 43.9 Å². The lowest BCUT2D eigenvalue weighted by Crippen LogP contribution is -2.42. The van der Waals surface area contributed by atoms with Crippen molar-refractivity contribution in [3.8, 4) is 0 Å². The van der Waals surface area contributed by atoms with Crippen molar-refractivity contribution in [2.45, 2.75) is 25.7 Å². The first-order chi connectivity index (χ1) is 7.70. The first kappa shape index (κ1) is 11.8. The van der Waals surface area contributed by atoms with E-state index in [0.29, 0.717) is 11.1 Å². The van der Waals surface area contributed by atoms with Crippen molar-refractivity contribution in [2.75, 3.05) is 20.1 Å². The molecule has 0 aliphatic carbocycles.